The number of allylic oxidation sites excluding steroid dienone is 1. The lowest BCUT2D eigenvalue weighted by Gasteiger charge is -2.12. The molecule has 0 bridgehead atoms. The van der Waals surface area contributed by atoms with Gasteiger partial charge in [-0.2, -0.15) is 0 Å². The van der Waals surface area contributed by atoms with Crippen LogP contribution in [0.3, 0.4) is 0 Å². The Morgan fingerprint density at radius 2 is 1.80 bits per heavy atom. The molecule has 0 fully saturated rings. The summed E-state index contributed by atoms with van der Waals surface area (Å²) < 4.78 is 25.3. The topological polar surface area (TPSA) is 18.5 Å². The molecule has 2 nitrogen and oxygen atoms in total. The van der Waals surface area contributed by atoms with Crippen molar-refractivity contribution in [3.8, 4) is 16.9 Å². The molecule has 1 atom stereocenters. The van der Waals surface area contributed by atoms with Crippen molar-refractivity contribution in [2.45, 2.75) is 58.5 Å². The van der Waals surface area contributed by atoms with Gasteiger partial charge in [0.15, 0.2) is 11.6 Å². The summed E-state index contributed by atoms with van der Waals surface area (Å²) in [5, 5.41) is 0. The predicted molar refractivity (Wildman–Crippen MR) is 125 cm³/mol. The van der Waals surface area contributed by atoms with Gasteiger partial charge in [0, 0.05) is 6.61 Å². The first-order chi connectivity index (χ1) is 14.6. The molecule has 2 aromatic carbocycles. The van der Waals surface area contributed by atoms with Crippen LogP contribution in [0.2, 0.25) is 0 Å². The van der Waals surface area contributed by atoms with Crippen molar-refractivity contribution in [1.82, 2.24) is 0 Å². The van der Waals surface area contributed by atoms with E-state index in [0.717, 1.165) is 49.0 Å². The summed E-state index contributed by atoms with van der Waals surface area (Å²) in [6, 6.07) is 13.2. The normalized spacial score (nSPS) is 12.2. The van der Waals surface area contributed by atoms with Gasteiger partial charge >= 0.3 is 0 Å². The number of rotatable bonds is 14. The lowest BCUT2D eigenvalue weighted by atomic mass is 10.0. The Morgan fingerprint density at radius 1 is 1.03 bits per heavy atom. The number of unbranched alkanes of at least 4 members (excludes halogenated alkanes) is 3. The first-order valence-electron chi connectivity index (χ1n) is 11.1. The van der Waals surface area contributed by atoms with Crippen molar-refractivity contribution in [2.24, 2.45) is 0 Å². The lowest BCUT2D eigenvalue weighted by Crippen LogP contribution is -2.08. The molecular formula is C27H35FO2. The third-order valence-corrected chi connectivity index (χ3v) is 4.97. The molecule has 30 heavy (non-hydrogen) atoms. The quantitative estimate of drug-likeness (QED) is 0.233. The van der Waals surface area contributed by atoms with E-state index in [1.54, 1.807) is 12.1 Å². The summed E-state index contributed by atoms with van der Waals surface area (Å²) in [5.74, 6) is -0.110. The Balaban J connectivity index is 1.77. The Hall–Kier alpha value is -2.39. The van der Waals surface area contributed by atoms with E-state index in [1.807, 2.05) is 18.2 Å². The van der Waals surface area contributed by atoms with E-state index in [2.05, 4.69) is 44.7 Å². The molecule has 2 rings (SSSR count). The van der Waals surface area contributed by atoms with E-state index in [0.29, 0.717) is 12.7 Å². The second-order valence-corrected chi connectivity index (χ2v) is 7.59. The van der Waals surface area contributed by atoms with Crippen LogP contribution in [0.25, 0.3) is 17.2 Å². The maximum atomic E-state index is 14.2. The van der Waals surface area contributed by atoms with Gasteiger partial charge in [0.2, 0.25) is 0 Å². The maximum absolute atomic E-state index is 14.2. The van der Waals surface area contributed by atoms with Gasteiger partial charge in [0.05, 0.1) is 6.10 Å². The average Bonchev–Trinajstić information content (AvgIpc) is 2.76. The minimum absolute atomic E-state index is 0.249. The average molecular weight is 411 g/mol. The van der Waals surface area contributed by atoms with Crippen molar-refractivity contribution in [2.75, 3.05) is 13.2 Å². The zero-order chi connectivity index (χ0) is 21.6. The molecule has 0 aliphatic carbocycles. The molecule has 3 heteroatoms. The van der Waals surface area contributed by atoms with Crippen LogP contribution in [0.1, 0.15) is 57.9 Å². The smallest absolute Gasteiger partial charge is 0.165 e. The van der Waals surface area contributed by atoms with Gasteiger partial charge in [-0.05, 0) is 61.4 Å². The van der Waals surface area contributed by atoms with Crippen molar-refractivity contribution >= 4 is 6.08 Å². The monoisotopic (exact) mass is 410 g/mol. The molecule has 0 amide bonds. The predicted octanol–water partition coefficient (Wildman–Crippen LogP) is 7.84. The van der Waals surface area contributed by atoms with E-state index >= 15 is 0 Å². The fourth-order valence-corrected chi connectivity index (χ4v) is 3.20. The fourth-order valence-electron chi connectivity index (χ4n) is 3.20. The molecular weight excluding hydrogens is 375 g/mol. The molecule has 162 valence electrons. The summed E-state index contributed by atoms with van der Waals surface area (Å²) in [4.78, 5) is 0. The zero-order valence-corrected chi connectivity index (χ0v) is 18.4. The first kappa shape index (κ1) is 23.9. The van der Waals surface area contributed by atoms with Crippen LogP contribution in [0, 0.1) is 5.82 Å². The minimum Gasteiger partial charge on any atom is -0.486 e. The number of hydrogen-bond acceptors (Lipinski definition) is 2. The van der Waals surface area contributed by atoms with Crippen LogP contribution in [-0.4, -0.2) is 19.3 Å². The van der Waals surface area contributed by atoms with E-state index < -0.39 is 0 Å². The first-order valence-corrected chi connectivity index (χ1v) is 11.1. The molecule has 0 aliphatic rings. The summed E-state index contributed by atoms with van der Waals surface area (Å²) in [6.45, 7) is 9.12. The molecule has 0 saturated carbocycles. The summed E-state index contributed by atoms with van der Waals surface area (Å²) >= 11 is 0. The third-order valence-electron chi connectivity index (χ3n) is 4.97. The summed E-state index contributed by atoms with van der Waals surface area (Å²) in [6.07, 6.45) is 13.2. The highest BCUT2D eigenvalue weighted by Gasteiger charge is 2.06. The summed E-state index contributed by atoms with van der Waals surface area (Å²) in [5.41, 5.74) is 2.96. The largest absolute Gasteiger partial charge is 0.486 e. The molecule has 0 spiro atoms. The Bertz CT molecular complexity index is 780. The molecule has 0 aromatic heterocycles. The van der Waals surface area contributed by atoms with E-state index in [-0.39, 0.29) is 11.6 Å². The number of ether oxygens (including phenoxy) is 2. The van der Waals surface area contributed by atoms with Crippen LogP contribution >= 0.6 is 0 Å². The molecule has 1 unspecified atom stereocenters. The van der Waals surface area contributed by atoms with Gasteiger partial charge in [-0.25, -0.2) is 4.39 Å². The highest BCUT2D eigenvalue weighted by atomic mass is 19.1. The van der Waals surface area contributed by atoms with Crippen LogP contribution < -0.4 is 4.74 Å². The van der Waals surface area contributed by atoms with Gasteiger partial charge in [-0.15, -0.1) is 0 Å². The second-order valence-electron chi connectivity index (χ2n) is 7.59. The van der Waals surface area contributed by atoms with Crippen molar-refractivity contribution < 1.29 is 13.9 Å². The van der Waals surface area contributed by atoms with E-state index in [9.17, 15) is 4.39 Å². The molecule has 0 N–H and O–H groups in total. The fraction of sp³-hybridized carbons (Fsp3) is 0.407. The zero-order valence-electron chi connectivity index (χ0n) is 18.4. The molecule has 0 heterocycles. The number of hydrogen-bond donors (Lipinski definition) is 0. The van der Waals surface area contributed by atoms with Gasteiger partial charge in [0.1, 0.15) is 6.61 Å². The van der Waals surface area contributed by atoms with Crippen LogP contribution in [0.15, 0.2) is 61.2 Å². The van der Waals surface area contributed by atoms with Crippen LogP contribution in [0.5, 0.6) is 5.75 Å². The maximum Gasteiger partial charge on any atom is 0.165 e. The van der Waals surface area contributed by atoms with Crippen LogP contribution in [0.4, 0.5) is 4.39 Å². The molecule has 0 aliphatic heterocycles. The Kier molecular flexibility index (Phi) is 11.0. The van der Waals surface area contributed by atoms with Gasteiger partial charge < -0.3 is 9.47 Å². The standard InChI is InChI=1S/C27H35FO2/c1-4-6-10-20-29-22(3)11-8-7-9-12-23-13-15-24(16-14-23)25-17-18-27(26(28)21-25)30-19-5-2/h5,9,12-18,21-22H,2,4,6-8,10-11,19-20H2,1,3H3. The lowest BCUT2D eigenvalue weighted by molar-refractivity contribution is 0.0566. The number of benzene rings is 2. The highest BCUT2D eigenvalue weighted by molar-refractivity contribution is 5.66. The van der Waals surface area contributed by atoms with Crippen molar-refractivity contribution in [3.63, 3.8) is 0 Å². The van der Waals surface area contributed by atoms with E-state index in [4.69, 9.17) is 9.47 Å². The van der Waals surface area contributed by atoms with Crippen molar-refractivity contribution in [3.05, 3.63) is 72.6 Å². The van der Waals surface area contributed by atoms with Gasteiger partial charge in [-0.1, -0.05) is 74.9 Å². The molecule has 0 radical (unpaired) electrons. The Labute approximate surface area is 181 Å². The number of halogens is 1. The molecule has 2 aromatic rings. The highest BCUT2D eigenvalue weighted by Crippen LogP contribution is 2.26. The Morgan fingerprint density at radius 3 is 2.50 bits per heavy atom. The SMILES string of the molecule is C=CCOc1ccc(-c2ccc(C=CCCCC(C)OCCCCC)cc2)cc1F. The van der Waals surface area contributed by atoms with Gasteiger partial charge in [0.25, 0.3) is 0 Å². The van der Waals surface area contributed by atoms with Crippen LogP contribution in [-0.2, 0) is 4.74 Å². The van der Waals surface area contributed by atoms with Crippen molar-refractivity contribution in [1.29, 1.82) is 0 Å². The third kappa shape index (κ3) is 8.54. The second kappa shape index (κ2) is 13.8. The van der Waals surface area contributed by atoms with E-state index in [1.165, 1.54) is 18.9 Å². The van der Waals surface area contributed by atoms with Gasteiger partial charge in [-0.3, -0.25) is 0 Å². The molecule has 0 saturated heterocycles. The summed E-state index contributed by atoms with van der Waals surface area (Å²) in [7, 11) is 0. The minimum atomic E-state index is -0.359.